The second kappa shape index (κ2) is 61.6. The Kier molecular flexibility index (Phi) is 58.3. The Morgan fingerprint density at radius 3 is 0.905 bits per heavy atom. The molecule has 0 aliphatic carbocycles. The fourth-order valence-electron chi connectivity index (χ4n) is 8.44. The maximum absolute atomic E-state index is 12.9. The van der Waals surface area contributed by atoms with Crippen molar-refractivity contribution >= 4 is 17.9 Å². The Labute approximate surface area is 457 Å². The van der Waals surface area contributed by atoms with Crippen LogP contribution < -0.4 is 0 Å². The summed E-state index contributed by atoms with van der Waals surface area (Å²) in [5.74, 6) is -0.921. The number of hydrogen-bond acceptors (Lipinski definition) is 6. The van der Waals surface area contributed by atoms with Gasteiger partial charge in [-0.1, -0.05) is 259 Å². The van der Waals surface area contributed by atoms with Crippen LogP contribution in [0.2, 0.25) is 0 Å². The predicted molar refractivity (Wildman–Crippen MR) is 320 cm³/mol. The highest BCUT2D eigenvalue weighted by molar-refractivity contribution is 5.71. The van der Waals surface area contributed by atoms with Gasteiger partial charge in [-0.2, -0.15) is 0 Å². The number of carbonyl (C=O) groups excluding carboxylic acids is 3. The van der Waals surface area contributed by atoms with Crippen molar-refractivity contribution < 1.29 is 28.6 Å². The van der Waals surface area contributed by atoms with Gasteiger partial charge in [0.1, 0.15) is 13.2 Å². The van der Waals surface area contributed by atoms with Crippen molar-refractivity contribution in [3.63, 3.8) is 0 Å². The second-order valence-corrected chi connectivity index (χ2v) is 20.2. The summed E-state index contributed by atoms with van der Waals surface area (Å²) >= 11 is 0. The monoisotopic (exact) mass is 1030 g/mol. The molecule has 0 aromatic heterocycles. The van der Waals surface area contributed by atoms with Gasteiger partial charge in [-0.15, -0.1) is 0 Å². The number of rotatable bonds is 55. The number of allylic oxidation sites excluding steroid dienone is 18. The first kappa shape index (κ1) is 70.1. The number of ether oxygens (including phenoxy) is 3. The lowest BCUT2D eigenvalue weighted by molar-refractivity contribution is -0.167. The molecule has 0 N–H and O–H groups in total. The van der Waals surface area contributed by atoms with E-state index >= 15 is 0 Å². The molecule has 0 aromatic carbocycles. The van der Waals surface area contributed by atoms with Gasteiger partial charge in [-0.05, 0) is 116 Å². The van der Waals surface area contributed by atoms with Crippen LogP contribution in [0, 0.1) is 0 Å². The zero-order valence-corrected chi connectivity index (χ0v) is 48.3. The molecule has 0 fully saturated rings. The Hall–Kier alpha value is -3.93. The van der Waals surface area contributed by atoms with Crippen molar-refractivity contribution in [3.8, 4) is 0 Å². The van der Waals surface area contributed by atoms with E-state index in [9.17, 15) is 14.4 Å². The van der Waals surface area contributed by atoms with Gasteiger partial charge in [0.05, 0.1) is 0 Å². The molecule has 6 nitrogen and oxygen atoms in total. The van der Waals surface area contributed by atoms with Gasteiger partial charge in [0.2, 0.25) is 0 Å². The van der Waals surface area contributed by atoms with Gasteiger partial charge in [0.15, 0.2) is 6.10 Å². The summed E-state index contributed by atoms with van der Waals surface area (Å²) < 4.78 is 16.9. The first-order valence-corrected chi connectivity index (χ1v) is 30.9. The number of esters is 3. The van der Waals surface area contributed by atoms with Crippen molar-refractivity contribution in [3.05, 3.63) is 109 Å². The van der Waals surface area contributed by atoms with Crippen LogP contribution in [0.3, 0.4) is 0 Å². The molecule has 0 spiro atoms. The van der Waals surface area contributed by atoms with Crippen molar-refractivity contribution in [2.45, 2.75) is 290 Å². The van der Waals surface area contributed by atoms with Crippen molar-refractivity contribution in [1.82, 2.24) is 0 Å². The molecular formula is C68H114O6. The lowest BCUT2D eigenvalue weighted by Gasteiger charge is -2.18. The summed E-state index contributed by atoms with van der Waals surface area (Å²) in [6.07, 6.45) is 83.6. The number of carbonyl (C=O) groups is 3. The third-order valence-electron chi connectivity index (χ3n) is 13.0. The van der Waals surface area contributed by atoms with Crippen LogP contribution in [-0.4, -0.2) is 37.2 Å². The van der Waals surface area contributed by atoms with Crippen LogP contribution in [0.1, 0.15) is 284 Å². The fourth-order valence-corrected chi connectivity index (χ4v) is 8.44. The largest absolute Gasteiger partial charge is 0.462 e. The Morgan fingerprint density at radius 1 is 0.297 bits per heavy atom. The Morgan fingerprint density at radius 2 is 0.568 bits per heavy atom. The third-order valence-corrected chi connectivity index (χ3v) is 13.0. The summed E-state index contributed by atoms with van der Waals surface area (Å²) in [5, 5.41) is 0. The molecule has 0 bridgehead atoms. The SMILES string of the molecule is CC/C=C\C/C=C\C/C=C\C/C=C\CCCCCCCCC(=O)OCC(COC(=O)CCCCCCC/C=C\C=C/CCCCCCCCC)OC(=O)CCCCCCCCCCC/C=C\C/C=C\C/C=C\CC. The molecule has 0 saturated heterocycles. The van der Waals surface area contributed by atoms with Crippen LogP contribution in [0.5, 0.6) is 0 Å². The summed E-state index contributed by atoms with van der Waals surface area (Å²) in [6, 6.07) is 0. The van der Waals surface area contributed by atoms with E-state index < -0.39 is 6.10 Å². The quantitative estimate of drug-likeness (QED) is 0.0199. The summed E-state index contributed by atoms with van der Waals surface area (Å²) in [4.78, 5) is 38.3. The highest BCUT2D eigenvalue weighted by atomic mass is 16.6. The molecule has 0 saturated carbocycles. The smallest absolute Gasteiger partial charge is 0.306 e. The lowest BCUT2D eigenvalue weighted by atomic mass is 10.1. The number of hydrogen-bond donors (Lipinski definition) is 0. The van der Waals surface area contributed by atoms with E-state index in [1.807, 2.05) is 0 Å². The molecule has 6 heteroatoms. The van der Waals surface area contributed by atoms with E-state index in [0.717, 1.165) is 141 Å². The van der Waals surface area contributed by atoms with Crippen LogP contribution in [-0.2, 0) is 28.6 Å². The van der Waals surface area contributed by atoms with E-state index in [1.54, 1.807) is 0 Å². The molecule has 0 aliphatic heterocycles. The molecule has 422 valence electrons. The van der Waals surface area contributed by atoms with Crippen LogP contribution in [0.4, 0.5) is 0 Å². The van der Waals surface area contributed by atoms with E-state index in [4.69, 9.17) is 14.2 Å². The molecule has 0 rings (SSSR count). The lowest BCUT2D eigenvalue weighted by Crippen LogP contribution is -2.30. The standard InChI is InChI=1S/C68H114O6/c1-4-7-10-13-16-19-22-25-28-31-34-37-40-43-46-49-52-55-58-61-67(70)73-64-65(63-72-66(69)60-57-54-51-48-45-42-39-36-33-30-27-24-21-18-15-12-9-6-3)74-68(71)62-59-56-53-50-47-44-41-38-35-32-29-26-23-20-17-14-11-8-5-2/h7-8,10-11,16-17,19-20,25-26,28-30,33-34,36-37,39,65H,4-6,9,12-15,18,21-24,27,31-32,35,38,40-64H2,1-3H3/b10-7-,11-8-,19-16-,20-17-,28-25-,29-26-,33-30-,37-34-,39-36-. The van der Waals surface area contributed by atoms with Gasteiger partial charge >= 0.3 is 17.9 Å². The molecular weight excluding hydrogens is 913 g/mol. The maximum atomic E-state index is 12.9. The van der Waals surface area contributed by atoms with Gasteiger partial charge in [-0.3, -0.25) is 14.4 Å². The summed E-state index contributed by atoms with van der Waals surface area (Å²) in [7, 11) is 0. The highest BCUT2D eigenvalue weighted by Gasteiger charge is 2.19. The third kappa shape index (κ3) is 59.0. The summed E-state index contributed by atoms with van der Waals surface area (Å²) in [6.45, 7) is 6.40. The molecule has 0 aromatic rings. The predicted octanol–water partition coefficient (Wildman–Crippen LogP) is 21.0. The van der Waals surface area contributed by atoms with Crippen molar-refractivity contribution in [2.75, 3.05) is 13.2 Å². The van der Waals surface area contributed by atoms with E-state index in [1.165, 1.54) is 103 Å². The molecule has 0 amide bonds. The van der Waals surface area contributed by atoms with E-state index in [2.05, 4.69) is 130 Å². The van der Waals surface area contributed by atoms with Gasteiger partial charge in [-0.25, -0.2) is 0 Å². The fraction of sp³-hybridized carbons (Fsp3) is 0.691. The zero-order valence-electron chi connectivity index (χ0n) is 48.3. The Balaban J connectivity index is 4.46. The van der Waals surface area contributed by atoms with E-state index in [0.29, 0.717) is 19.3 Å². The Bertz CT molecular complexity index is 1510. The second-order valence-electron chi connectivity index (χ2n) is 20.2. The van der Waals surface area contributed by atoms with Gasteiger partial charge in [0, 0.05) is 19.3 Å². The summed E-state index contributed by atoms with van der Waals surface area (Å²) in [5.41, 5.74) is 0. The van der Waals surface area contributed by atoms with Crippen LogP contribution >= 0.6 is 0 Å². The topological polar surface area (TPSA) is 78.9 Å². The molecule has 0 aliphatic rings. The van der Waals surface area contributed by atoms with Crippen molar-refractivity contribution in [2.24, 2.45) is 0 Å². The zero-order chi connectivity index (χ0) is 53.6. The first-order chi connectivity index (χ1) is 36.5. The minimum Gasteiger partial charge on any atom is -0.462 e. The number of unbranched alkanes of at least 4 members (excludes halogenated alkanes) is 27. The minimum absolute atomic E-state index is 0.0938. The molecule has 1 atom stereocenters. The average molecular weight is 1030 g/mol. The maximum Gasteiger partial charge on any atom is 0.306 e. The minimum atomic E-state index is -0.797. The average Bonchev–Trinajstić information content (AvgIpc) is 3.40. The van der Waals surface area contributed by atoms with Crippen molar-refractivity contribution in [1.29, 1.82) is 0 Å². The van der Waals surface area contributed by atoms with Gasteiger partial charge in [0.25, 0.3) is 0 Å². The van der Waals surface area contributed by atoms with Crippen LogP contribution in [0.15, 0.2) is 109 Å². The van der Waals surface area contributed by atoms with E-state index in [-0.39, 0.29) is 31.1 Å². The molecule has 0 heterocycles. The first-order valence-electron chi connectivity index (χ1n) is 30.9. The molecule has 74 heavy (non-hydrogen) atoms. The van der Waals surface area contributed by atoms with Gasteiger partial charge < -0.3 is 14.2 Å². The van der Waals surface area contributed by atoms with Crippen LogP contribution in [0.25, 0.3) is 0 Å². The normalized spacial score (nSPS) is 12.9. The molecule has 0 radical (unpaired) electrons. The highest BCUT2D eigenvalue weighted by Crippen LogP contribution is 2.15. The molecule has 1 unspecified atom stereocenters.